The van der Waals surface area contributed by atoms with Crippen LogP contribution >= 0.6 is 35.0 Å². The minimum atomic E-state index is -0.878. The van der Waals surface area contributed by atoms with E-state index in [1.54, 1.807) is 24.3 Å². The average molecular weight is 489 g/mol. The summed E-state index contributed by atoms with van der Waals surface area (Å²) in [6.45, 7) is 0. The summed E-state index contributed by atoms with van der Waals surface area (Å²) in [5.41, 5.74) is -0.0657. The van der Waals surface area contributed by atoms with Crippen molar-refractivity contribution in [3.05, 3.63) is 76.0 Å². The molecule has 3 aromatic rings. The van der Waals surface area contributed by atoms with Crippen LogP contribution in [0, 0.1) is 0 Å². The van der Waals surface area contributed by atoms with E-state index < -0.39 is 17.8 Å². The fraction of sp³-hybridized carbons (Fsp3) is 0.0455. The highest BCUT2D eigenvalue weighted by atomic mass is 35.5. The van der Waals surface area contributed by atoms with E-state index in [1.165, 1.54) is 43.1 Å². The van der Waals surface area contributed by atoms with Crippen molar-refractivity contribution in [1.29, 1.82) is 0 Å². The molecule has 0 saturated carbocycles. The summed E-state index contributed by atoms with van der Waals surface area (Å²) in [7, 11) is 1.45. The Hall–Kier alpha value is -3.20. The largest absolute Gasteiger partial charge is 0.495 e. The van der Waals surface area contributed by atoms with E-state index >= 15 is 0 Å². The Balaban J connectivity index is 1.60. The Kier molecular flexibility index (Phi) is 6.27. The third-order valence-corrected chi connectivity index (χ3v) is 5.89. The van der Waals surface area contributed by atoms with Crippen molar-refractivity contribution in [2.45, 2.75) is 9.99 Å². The molecule has 4 amide bonds. The van der Waals surface area contributed by atoms with Crippen LogP contribution in [0.25, 0.3) is 6.08 Å². The molecule has 2 heterocycles. The first-order valence-electron chi connectivity index (χ1n) is 9.14. The van der Waals surface area contributed by atoms with Crippen molar-refractivity contribution in [2.24, 2.45) is 0 Å². The van der Waals surface area contributed by atoms with Gasteiger partial charge in [-0.05, 0) is 60.7 Å². The second-order valence-electron chi connectivity index (χ2n) is 6.49. The third-order valence-electron chi connectivity index (χ3n) is 4.42. The molecule has 1 fully saturated rings. The first kappa shape index (κ1) is 22.0. The summed E-state index contributed by atoms with van der Waals surface area (Å²) in [6.07, 6.45) is 1.29. The van der Waals surface area contributed by atoms with Crippen molar-refractivity contribution in [2.75, 3.05) is 12.0 Å². The van der Waals surface area contributed by atoms with Gasteiger partial charge in [0.1, 0.15) is 17.1 Å². The van der Waals surface area contributed by atoms with Crippen LogP contribution in [0.15, 0.2) is 74.6 Å². The molecule has 0 spiro atoms. The van der Waals surface area contributed by atoms with E-state index in [9.17, 15) is 14.4 Å². The highest BCUT2D eigenvalue weighted by Crippen LogP contribution is 2.32. The summed E-state index contributed by atoms with van der Waals surface area (Å²) >= 11 is 13.4. The maximum atomic E-state index is 13.0. The zero-order valence-electron chi connectivity index (χ0n) is 16.4. The number of rotatable bonds is 5. The molecule has 7 nitrogen and oxygen atoms in total. The molecule has 2 aromatic carbocycles. The minimum absolute atomic E-state index is 0.190. The Morgan fingerprint density at radius 2 is 1.78 bits per heavy atom. The number of anilines is 1. The average Bonchev–Trinajstić information content (AvgIpc) is 3.20. The van der Waals surface area contributed by atoms with Crippen molar-refractivity contribution < 1.29 is 23.5 Å². The van der Waals surface area contributed by atoms with Crippen molar-refractivity contribution in [3.63, 3.8) is 0 Å². The number of urea groups is 1. The molecule has 0 atom stereocenters. The Morgan fingerprint density at radius 1 is 1.03 bits per heavy atom. The molecule has 0 unspecified atom stereocenters. The number of benzene rings is 2. The van der Waals surface area contributed by atoms with Crippen LogP contribution in [0.5, 0.6) is 5.75 Å². The van der Waals surface area contributed by atoms with Crippen LogP contribution in [-0.4, -0.2) is 25.0 Å². The summed E-state index contributed by atoms with van der Waals surface area (Å²) < 4.78 is 10.8. The van der Waals surface area contributed by atoms with Gasteiger partial charge in [0, 0.05) is 9.92 Å². The molecule has 32 heavy (non-hydrogen) atoms. The normalized spacial score (nSPS) is 15.3. The van der Waals surface area contributed by atoms with Gasteiger partial charge in [-0.2, -0.15) is 0 Å². The molecule has 0 radical (unpaired) electrons. The van der Waals surface area contributed by atoms with Gasteiger partial charge in [0.15, 0.2) is 5.09 Å². The molecule has 1 aliphatic rings. The van der Waals surface area contributed by atoms with E-state index in [-0.39, 0.29) is 22.0 Å². The zero-order chi connectivity index (χ0) is 22.8. The number of amides is 4. The van der Waals surface area contributed by atoms with Crippen LogP contribution in [-0.2, 0) is 9.59 Å². The van der Waals surface area contributed by atoms with E-state index in [4.69, 9.17) is 32.4 Å². The second-order valence-corrected chi connectivity index (χ2v) is 8.41. The highest BCUT2D eigenvalue weighted by molar-refractivity contribution is 7.99. The number of nitrogens with zero attached hydrogens (tertiary/aromatic N) is 1. The Morgan fingerprint density at radius 3 is 2.47 bits per heavy atom. The fourth-order valence-corrected chi connectivity index (χ4v) is 4.07. The minimum Gasteiger partial charge on any atom is -0.495 e. The van der Waals surface area contributed by atoms with Gasteiger partial charge in [-0.3, -0.25) is 14.9 Å². The van der Waals surface area contributed by atoms with Crippen LogP contribution < -0.4 is 15.0 Å². The fourth-order valence-electron chi connectivity index (χ4n) is 2.91. The number of furan rings is 1. The van der Waals surface area contributed by atoms with Crippen molar-refractivity contribution >= 4 is 64.6 Å². The summed E-state index contributed by atoms with van der Waals surface area (Å²) in [5.74, 6) is -0.960. The van der Waals surface area contributed by atoms with Crippen molar-refractivity contribution in [1.82, 2.24) is 5.32 Å². The lowest BCUT2D eigenvalue weighted by molar-refractivity contribution is -0.122. The SMILES string of the molecule is COc1ccc(N2C(=O)NC(=O)/C(=C/c3ccc(Sc4ccc(Cl)cc4)o3)C2=O)cc1Cl. The molecule has 10 heteroatoms. The number of ether oxygens (including phenoxy) is 1. The molecule has 4 rings (SSSR count). The standard InChI is InChI=1S/C22H14Cl2N2O5S/c1-30-18-8-4-13(10-17(18)24)26-21(28)16(20(27)25-22(26)29)11-14-5-9-19(31-14)32-15-6-2-12(23)3-7-15/h2-11H,1H3,(H,25,27,29)/b16-11-. The van der Waals surface area contributed by atoms with Crippen molar-refractivity contribution in [3.8, 4) is 5.75 Å². The molecule has 0 bridgehead atoms. The van der Waals surface area contributed by atoms with Gasteiger partial charge < -0.3 is 9.15 Å². The first-order valence-corrected chi connectivity index (χ1v) is 10.7. The summed E-state index contributed by atoms with van der Waals surface area (Å²) in [6, 6.07) is 14.1. The number of halogens is 2. The van der Waals surface area contributed by atoms with Gasteiger partial charge >= 0.3 is 6.03 Å². The van der Waals surface area contributed by atoms with Gasteiger partial charge in [0.25, 0.3) is 11.8 Å². The maximum Gasteiger partial charge on any atom is 0.335 e. The monoisotopic (exact) mass is 488 g/mol. The molecular formula is C22H14Cl2N2O5S. The molecular weight excluding hydrogens is 475 g/mol. The van der Waals surface area contributed by atoms with Gasteiger partial charge in [0.05, 0.1) is 17.8 Å². The summed E-state index contributed by atoms with van der Waals surface area (Å²) in [5, 5.41) is 3.54. The van der Waals surface area contributed by atoms with Crippen LogP contribution in [0.1, 0.15) is 5.76 Å². The van der Waals surface area contributed by atoms with Crippen LogP contribution in [0.4, 0.5) is 10.5 Å². The van der Waals surface area contributed by atoms with E-state index in [1.807, 2.05) is 12.1 Å². The Labute approximate surface area is 196 Å². The van der Waals surface area contributed by atoms with E-state index in [0.717, 1.165) is 9.80 Å². The quantitative estimate of drug-likeness (QED) is 0.381. The topological polar surface area (TPSA) is 88.8 Å². The molecule has 1 N–H and O–H groups in total. The number of hydrogen-bond donors (Lipinski definition) is 1. The van der Waals surface area contributed by atoms with E-state index in [0.29, 0.717) is 15.9 Å². The predicted molar refractivity (Wildman–Crippen MR) is 121 cm³/mol. The highest BCUT2D eigenvalue weighted by Gasteiger charge is 2.37. The lowest BCUT2D eigenvalue weighted by atomic mass is 10.1. The third kappa shape index (κ3) is 4.52. The molecule has 0 aliphatic carbocycles. The molecule has 1 aliphatic heterocycles. The number of carbonyl (C=O) groups is 3. The molecule has 1 saturated heterocycles. The number of imide groups is 2. The maximum absolute atomic E-state index is 13.0. The lowest BCUT2D eigenvalue weighted by Gasteiger charge is -2.26. The number of carbonyl (C=O) groups excluding carboxylic acids is 3. The lowest BCUT2D eigenvalue weighted by Crippen LogP contribution is -2.54. The summed E-state index contributed by atoms with van der Waals surface area (Å²) in [4.78, 5) is 39.4. The number of hydrogen-bond acceptors (Lipinski definition) is 6. The van der Waals surface area contributed by atoms with E-state index in [2.05, 4.69) is 5.32 Å². The van der Waals surface area contributed by atoms with Gasteiger partial charge in [0.2, 0.25) is 0 Å². The predicted octanol–water partition coefficient (Wildman–Crippen LogP) is 5.41. The van der Waals surface area contributed by atoms with Gasteiger partial charge in [-0.1, -0.05) is 35.0 Å². The van der Waals surface area contributed by atoms with Crippen LogP contribution in [0.2, 0.25) is 10.0 Å². The first-order chi connectivity index (χ1) is 15.4. The number of methoxy groups -OCH3 is 1. The smallest absolute Gasteiger partial charge is 0.335 e. The zero-order valence-corrected chi connectivity index (χ0v) is 18.8. The number of nitrogens with one attached hydrogen (secondary N) is 1. The van der Waals surface area contributed by atoms with Gasteiger partial charge in [-0.15, -0.1) is 0 Å². The molecule has 1 aromatic heterocycles. The van der Waals surface area contributed by atoms with Gasteiger partial charge in [-0.25, -0.2) is 9.69 Å². The van der Waals surface area contributed by atoms with Crippen LogP contribution in [0.3, 0.4) is 0 Å². The number of barbiturate groups is 1. The molecule has 162 valence electrons. The Bertz CT molecular complexity index is 1250. The second kappa shape index (κ2) is 9.12.